The molecule has 0 aromatic heterocycles. The third-order valence-electron chi connectivity index (χ3n) is 5.45. The van der Waals surface area contributed by atoms with Crippen molar-refractivity contribution in [3.05, 3.63) is 23.8 Å². The molecule has 4 heteroatoms. The highest BCUT2D eigenvalue weighted by Gasteiger charge is 2.50. The number of hydrogen-bond acceptors (Lipinski definition) is 4. The molecule has 0 radical (unpaired) electrons. The van der Waals surface area contributed by atoms with Crippen molar-refractivity contribution in [2.75, 3.05) is 20.7 Å². The van der Waals surface area contributed by atoms with Crippen LogP contribution in [0.4, 0.5) is 0 Å². The Hall–Kier alpha value is -1.55. The number of benzene rings is 1. The molecule has 23 heavy (non-hydrogen) atoms. The fourth-order valence-electron chi connectivity index (χ4n) is 4.25. The van der Waals surface area contributed by atoms with E-state index in [1.54, 1.807) is 7.11 Å². The minimum atomic E-state index is 0.0757. The molecule has 3 rings (SSSR count). The average Bonchev–Trinajstić information content (AvgIpc) is 2.85. The first-order valence-electron chi connectivity index (χ1n) is 8.53. The lowest BCUT2D eigenvalue weighted by molar-refractivity contribution is -0.122. The van der Waals surface area contributed by atoms with Gasteiger partial charge in [0.25, 0.3) is 0 Å². The number of likely N-dealkylation sites (tertiary alicyclic amines) is 1. The quantitative estimate of drug-likeness (QED) is 0.855. The van der Waals surface area contributed by atoms with Crippen LogP contribution in [0.2, 0.25) is 0 Å². The SMILES string of the molecule is COc1cc([C@@]23CCC(=O)C[C@@H]2N(C)CC3)ccc1OC(C)C. The van der Waals surface area contributed by atoms with Crippen LogP contribution < -0.4 is 9.47 Å². The lowest BCUT2D eigenvalue weighted by Crippen LogP contribution is -2.46. The van der Waals surface area contributed by atoms with Crippen molar-refractivity contribution >= 4 is 5.78 Å². The van der Waals surface area contributed by atoms with Gasteiger partial charge in [-0.25, -0.2) is 0 Å². The van der Waals surface area contributed by atoms with Crippen LogP contribution in [0, 0.1) is 0 Å². The van der Waals surface area contributed by atoms with Crippen molar-refractivity contribution in [2.45, 2.75) is 57.1 Å². The monoisotopic (exact) mass is 317 g/mol. The highest BCUT2D eigenvalue weighted by atomic mass is 16.5. The van der Waals surface area contributed by atoms with E-state index in [9.17, 15) is 4.79 Å². The molecule has 0 N–H and O–H groups in total. The minimum Gasteiger partial charge on any atom is -0.493 e. The minimum absolute atomic E-state index is 0.0757. The number of carbonyl (C=O) groups is 1. The fraction of sp³-hybridized carbons (Fsp3) is 0.632. The number of carbonyl (C=O) groups excluding carboxylic acids is 1. The maximum Gasteiger partial charge on any atom is 0.161 e. The molecule has 1 aromatic rings. The standard InChI is InChI=1S/C19H27NO3/c1-13(2)23-16-6-5-14(11-17(16)22-4)19-8-7-15(21)12-18(19)20(3)10-9-19/h5-6,11,13,18H,7-10,12H2,1-4H3/t18-,19-/m0/s1. The number of ketones is 1. The lowest BCUT2D eigenvalue weighted by Gasteiger charge is -2.41. The van der Waals surface area contributed by atoms with Crippen LogP contribution in [0.1, 0.15) is 45.1 Å². The van der Waals surface area contributed by atoms with Crippen molar-refractivity contribution < 1.29 is 14.3 Å². The van der Waals surface area contributed by atoms with Crippen molar-refractivity contribution in [2.24, 2.45) is 0 Å². The summed E-state index contributed by atoms with van der Waals surface area (Å²) in [7, 11) is 3.82. The number of hydrogen-bond donors (Lipinski definition) is 0. The zero-order valence-corrected chi connectivity index (χ0v) is 14.6. The Morgan fingerprint density at radius 3 is 2.74 bits per heavy atom. The zero-order valence-electron chi connectivity index (χ0n) is 14.6. The van der Waals surface area contributed by atoms with Crippen LogP contribution in [0.5, 0.6) is 11.5 Å². The fourth-order valence-corrected chi connectivity index (χ4v) is 4.25. The summed E-state index contributed by atoms with van der Waals surface area (Å²) < 4.78 is 11.4. The molecule has 0 amide bonds. The third-order valence-corrected chi connectivity index (χ3v) is 5.45. The first-order chi connectivity index (χ1) is 11.0. The van der Waals surface area contributed by atoms with Gasteiger partial charge in [-0.3, -0.25) is 4.79 Å². The average molecular weight is 317 g/mol. The Labute approximate surface area is 138 Å². The van der Waals surface area contributed by atoms with Gasteiger partial charge in [0.05, 0.1) is 13.2 Å². The Morgan fingerprint density at radius 1 is 1.26 bits per heavy atom. The highest BCUT2D eigenvalue weighted by molar-refractivity contribution is 5.81. The van der Waals surface area contributed by atoms with Crippen LogP contribution >= 0.6 is 0 Å². The summed E-state index contributed by atoms with van der Waals surface area (Å²) in [5.41, 5.74) is 1.36. The number of fused-ring (bicyclic) bond motifs is 1. The molecule has 2 atom stereocenters. The second-order valence-corrected chi connectivity index (χ2v) is 7.18. The summed E-state index contributed by atoms with van der Waals surface area (Å²) >= 11 is 0. The van der Waals surface area contributed by atoms with E-state index in [2.05, 4.69) is 24.1 Å². The molecule has 1 saturated heterocycles. The van der Waals surface area contributed by atoms with Gasteiger partial charge in [0.15, 0.2) is 11.5 Å². The van der Waals surface area contributed by atoms with Crippen molar-refractivity contribution in [1.29, 1.82) is 0 Å². The normalized spacial score (nSPS) is 28.0. The smallest absolute Gasteiger partial charge is 0.161 e. The van der Waals surface area contributed by atoms with Crippen LogP contribution in [-0.2, 0) is 10.2 Å². The summed E-state index contributed by atoms with van der Waals surface area (Å²) in [5.74, 6) is 1.97. The molecule has 1 aliphatic carbocycles. The van der Waals surface area contributed by atoms with Crippen LogP contribution in [0.15, 0.2) is 18.2 Å². The number of likely N-dealkylation sites (N-methyl/N-ethyl adjacent to an activating group) is 1. The summed E-state index contributed by atoms with van der Waals surface area (Å²) in [6, 6.07) is 6.63. The van der Waals surface area contributed by atoms with E-state index in [4.69, 9.17) is 9.47 Å². The maximum atomic E-state index is 12.0. The van der Waals surface area contributed by atoms with Gasteiger partial charge in [0.1, 0.15) is 5.78 Å². The molecule has 126 valence electrons. The molecule has 1 saturated carbocycles. The lowest BCUT2D eigenvalue weighted by atomic mass is 9.66. The van der Waals surface area contributed by atoms with Crippen molar-refractivity contribution in [3.8, 4) is 11.5 Å². The summed E-state index contributed by atoms with van der Waals surface area (Å²) in [6.07, 6.45) is 3.52. The van der Waals surface area contributed by atoms with Crippen molar-refractivity contribution in [1.82, 2.24) is 4.90 Å². The van der Waals surface area contributed by atoms with E-state index in [1.807, 2.05) is 19.9 Å². The Bertz CT molecular complexity index is 598. The van der Waals surface area contributed by atoms with Gasteiger partial charge in [0, 0.05) is 24.3 Å². The first kappa shape index (κ1) is 16.3. The molecular weight excluding hydrogens is 290 g/mol. The Morgan fingerprint density at radius 2 is 2.04 bits per heavy atom. The molecule has 2 aliphatic rings. The molecular formula is C19H27NO3. The molecule has 1 heterocycles. The highest BCUT2D eigenvalue weighted by Crippen LogP contribution is 2.49. The van der Waals surface area contributed by atoms with E-state index in [0.29, 0.717) is 24.7 Å². The van der Waals surface area contributed by atoms with Gasteiger partial charge in [0.2, 0.25) is 0 Å². The van der Waals surface area contributed by atoms with Gasteiger partial charge in [-0.05, 0) is 58.0 Å². The molecule has 0 bridgehead atoms. The topological polar surface area (TPSA) is 38.8 Å². The predicted molar refractivity (Wildman–Crippen MR) is 90.3 cm³/mol. The largest absolute Gasteiger partial charge is 0.493 e. The van der Waals surface area contributed by atoms with Crippen LogP contribution in [0.25, 0.3) is 0 Å². The maximum absolute atomic E-state index is 12.0. The second-order valence-electron chi connectivity index (χ2n) is 7.18. The van der Waals surface area contributed by atoms with Gasteiger partial charge in [-0.15, -0.1) is 0 Å². The third kappa shape index (κ3) is 2.85. The number of rotatable bonds is 4. The number of methoxy groups -OCH3 is 1. The number of Topliss-reactive ketones (excluding diaryl/α,β-unsaturated/α-hetero) is 1. The van der Waals surface area contributed by atoms with E-state index in [1.165, 1.54) is 5.56 Å². The first-order valence-corrected chi connectivity index (χ1v) is 8.53. The summed E-state index contributed by atoms with van der Waals surface area (Å²) in [6.45, 7) is 5.08. The van der Waals surface area contributed by atoms with Gasteiger partial charge in [-0.1, -0.05) is 6.07 Å². The summed E-state index contributed by atoms with van der Waals surface area (Å²) in [5, 5.41) is 0. The Kier molecular flexibility index (Phi) is 4.37. The van der Waals surface area contributed by atoms with Gasteiger partial charge < -0.3 is 14.4 Å². The molecule has 4 nitrogen and oxygen atoms in total. The van der Waals surface area contributed by atoms with Crippen LogP contribution in [0.3, 0.4) is 0 Å². The van der Waals surface area contributed by atoms with Gasteiger partial charge >= 0.3 is 0 Å². The van der Waals surface area contributed by atoms with Crippen molar-refractivity contribution in [3.63, 3.8) is 0 Å². The van der Waals surface area contributed by atoms with Crippen LogP contribution in [-0.4, -0.2) is 43.5 Å². The second kappa shape index (κ2) is 6.16. The number of ether oxygens (including phenoxy) is 2. The molecule has 0 spiro atoms. The Balaban J connectivity index is 1.98. The molecule has 1 aliphatic heterocycles. The van der Waals surface area contributed by atoms with E-state index in [-0.39, 0.29) is 11.5 Å². The molecule has 1 aromatic carbocycles. The predicted octanol–water partition coefficient (Wildman–Crippen LogP) is 3.18. The van der Waals surface area contributed by atoms with E-state index < -0.39 is 0 Å². The summed E-state index contributed by atoms with van der Waals surface area (Å²) in [4.78, 5) is 14.3. The number of nitrogens with zero attached hydrogens (tertiary/aromatic N) is 1. The van der Waals surface area contributed by atoms with Gasteiger partial charge in [-0.2, -0.15) is 0 Å². The molecule has 0 unspecified atom stereocenters. The molecule has 2 fully saturated rings. The van der Waals surface area contributed by atoms with E-state index >= 15 is 0 Å². The van der Waals surface area contributed by atoms with E-state index in [0.717, 1.165) is 30.9 Å². The zero-order chi connectivity index (χ0) is 16.6.